The SMILES string of the molecule is COP(C)(=O)c1ccc(Nc2ncnc3[nH]c4c(c23)CC(C(=O)NCCCS(C)(=O)=O)CC4)cc1. The van der Waals surface area contributed by atoms with Crippen molar-refractivity contribution in [3.63, 3.8) is 0 Å². The average molecular weight is 520 g/mol. The third-order valence-corrected chi connectivity index (χ3v) is 9.25. The molecule has 0 aliphatic heterocycles. The summed E-state index contributed by atoms with van der Waals surface area (Å²) >= 11 is 0. The number of nitrogens with one attached hydrogen (secondary N) is 3. The zero-order chi connectivity index (χ0) is 25.2. The molecule has 4 rings (SSSR count). The van der Waals surface area contributed by atoms with Crippen molar-refractivity contribution in [1.29, 1.82) is 0 Å². The fourth-order valence-corrected chi connectivity index (χ4v) is 5.88. The Bertz CT molecular complexity index is 1390. The highest BCUT2D eigenvalue weighted by Gasteiger charge is 2.29. The van der Waals surface area contributed by atoms with Crippen LogP contribution >= 0.6 is 7.37 Å². The van der Waals surface area contributed by atoms with Gasteiger partial charge in [-0.3, -0.25) is 9.36 Å². The molecule has 0 saturated carbocycles. The van der Waals surface area contributed by atoms with E-state index in [1.54, 1.807) is 18.8 Å². The van der Waals surface area contributed by atoms with Crippen molar-refractivity contribution in [2.75, 3.05) is 37.6 Å². The van der Waals surface area contributed by atoms with Crippen LogP contribution < -0.4 is 15.9 Å². The second-order valence-corrected chi connectivity index (χ2v) is 13.8. The first kappa shape index (κ1) is 25.3. The molecule has 2 heterocycles. The Hall–Kier alpha value is -2.75. The van der Waals surface area contributed by atoms with E-state index in [0.717, 1.165) is 22.3 Å². The van der Waals surface area contributed by atoms with Crippen LogP contribution in [0, 0.1) is 5.92 Å². The van der Waals surface area contributed by atoms with Crippen molar-refractivity contribution in [2.45, 2.75) is 25.7 Å². The summed E-state index contributed by atoms with van der Waals surface area (Å²) in [5.41, 5.74) is 3.54. The minimum Gasteiger partial charge on any atom is -0.356 e. The summed E-state index contributed by atoms with van der Waals surface area (Å²) in [6.45, 7) is 1.91. The van der Waals surface area contributed by atoms with Crippen LogP contribution in [0.4, 0.5) is 11.5 Å². The van der Waals surface area contributed by atoms with Crippen molar-refractivity contribution < 1.29 is 22.3 Å². The van der Waals surface area contributed by atoms with Crippen LogP contribution in [-0.2, 0) is 36.6 Å². The zero-order valence-electron chi connectivity index (χ0n) is 20.0. The lowest BCUT2D eigenvalue weighted by atomic mass is 9.86. The molecule has 1 aromatic carbocycles. The van der Waals surface area contributed by atoms with E-state index in [1.807, 2.05) is 12.1 Å². The van der Waals surface area contributed by atoms with Gasteiger partial charge in [-0.05, 0) is 55.5 Å². The topological polar surface area (TPSA) is 143 Å². The molecule has 35 heavy (non-hydrogen) atoms. The minimum atomic E-state index is -3.04. The maximum absolute atomic E-state index is 12.8. The van der Waals surface area contributed by atoms with Gasteiger partial charge in [0.15, 0.2) is 0 Å². The first-order valence-electron chi connectivity index (χ1n) is 11.4. The Labute approximate surface area is 204 Å². The lowest BCUT2D eigenvalue weighted by Crippen LogP contribution is -2.35. The number of aromatic amines is 1. The van der Waals surface area contributed by atoms with Gasteiger partial charge in [0.05, 0.1) is 11.1 Å². The number of hydrogen-bond donors (Lipinski definition) is 3. The van der Waals surface area contributed by atoms with Crippen molar-refractivity contribution in [3.05, 3.63) is 41.9 Å². The molecule has 0 fully saturated rings. The fraction of sp³-hybridized carbons (Fsp3) is 0.435. The molecule has 0 bridgehead atoms. The number of carbonyl (C=O) groups excluding carboxylic acids is 1. The number of anilines is 2. The summed E-state index contributed by atoms with van der Waals surface area (Å²) < 4.78 is 40.1. The summed E-state index contributed by atoms with van der Waals surface area (Å²) in [6.07, 6.45) is 5.03. The Morgan fingerprint density at radius 1 is 1.26 bits per heavy atom. The number of rotatable bonds is 9. The number of H-pyrrole nitrogens is 1. The van der Waals surface area contributed by atoms with Gasteiger partial charge in [-0.25, -0.2) is 18.4 Å². The fourth-order valence-electron chi connectivity index (χ4n) is 4.31. The van der Waals surface area contributed by atoms with E-state index < -0.39 is 17.2 Å². The van der Waals surface area contributed by atoms with Gasteiger partial charge in [0.1, 0.15) is 27.6 Å². The lowest BCUT2D eigenvalue weighted by Gasteiger charge is -2.22. The molecule has 3 aromatic rings. The number of aryl methyl sites for hydroxylation is 1. The molecule has 3 N–H and O–H groups in total. The van der Waals surface area contributed by atoms with E-state index in [9.17, 15) is 17.8 Å². The van der Waals surface area contributed by atoms with Gasteiger partial charge in [0, 0.05) is 49.2 Å². The van der Waals surface area contributed by atoms with E-state index >= 15 is 0 Å². The van der Waals surface area contributed by atoms with Crippen LogP contribution in [0.15, 0.2) is 30.6 Å². The van der Waals surface area contributed by atoms with Crippen molar-refractivity contribution in [3.8, 4) is 0 Å². The highest BCUT2D eigenvalue weighted by molar-refractivity contribution is 7.90. The lowest BCUT2D eigenvalue weighted by molar-refractivity contribution is -0.125. The predicted octanol–water partition coefficient (Wildman–Crippen LogP) is 2.54. The summed E-state index contributed by atoms with van der Waals surface area (Å²) in [5, 5.41) is 7.67. The molecule has 188 valence electrons. The van der Waals surface area contributed by atoms with E-state index in [-0.39, 0.29) is 17.6 Å². The Morgan fingerprint density at radius 3 is 2.69 bits per heavy atom. The standard InChI is InChI=1S/C23H30N5O5PS/c1-33-34(2,30)17-8-6-16(7-9-17)27-21-20-18-13-15(23(29)24-11-4-12-35(3,31)32)5-10-19(18)28-22(20)26-14-25-21/h6-9,14-15H,4-5,10-13H2,1-3H3,(H,24,29)(H2,25,26,27,28). The second-order valence-electron chi connectivity index (χ2n) is 8.94. The predicted molar refractivity (Wildman–Crippen MR) is 137 cm³/mol. The molecule has 0 spiro atoms. The number of sulfone groups is 1. The summed E-state index contributed by atoms with van der Waals surface area (Å²) in [4.78, 5) is 24.9. The van der Waals surface area contributed by atoms with Crippen LogP contribution in [0.2, 0.25) is 0 Å². The van der Waals surface area contributed by atoms with Crippen LogP contribution in [0.25, 0.3) is 11.0 Å². The summed E-state index contributed by atoms with van der Waals surface area (Å²) in [7, 11) is -4.44. The van der Waals surface area contributed by atoms with Gasteiger partial charge >= 0.3 is 0 Å². The van der Waals surface area contributed by atoms with Crippen LogP contribution in [0.1, 0.15) is 24.1 Å². The van der Waals surface area contributed by atoms with Crippen molar-refractivity contribution >= 4 is 51.0 Å². The monoisotopic (exact) mass is 519 g/mol. The van der Waals surface area contributed by atoms with Gasteiger partial charge < -0.3 is 20.1 Å². The zero-order valence-corrected chi connectivity index (χ0v) is 21.7. The quantitative estimate of drug-likeness (QED) is 0.289. The molecule has 1 aliphatic carbocycles. The highest BCUT2D eigenvalue weighted by Crippen LogP contribution is 2.40. The third-order valence-electron chi connectivity index (χ3n) is 6.29. The number of carbonyl (C=O) groups is 1. The number of hydrogen-bond acceptors (Lipinski definition) is 8. The first-order valence-corrected chi connectivity index (χ1v) is 15.5. The third kappa shape index (κ3) is 5.91. The number of aromatic nitrogens is 3. The Balaban J connectivity index is 1.51. The van der Waals surface area contributed by atoms with Gasteiger partial charge in [-0.2, -0.15) is 0 Å². The molecular weight excluding hydrogens is 489 g/mol. The van der Waals surface area contributed by atoms with E-state index in [0.29, 0.717) is 49.0 Å². The van der Waals surface area contributed by atoms with E-state index in [2.05, 4.69) is 25.6 Å². The molecule has 2 aromatic heterocycles. The van der Waals surface area contributed by atoms with Crippen LogP contribution in [0.5, 0.6) is 0 Å². The summed E-state index contributed by atoms with van der Waals surface area (Å²) in [5.74, 6) is 0.405. The maximum atomic E-state index is 12.8. The molecule has 0 radical (unpaired) electrons. The van der Waals surface area contributed by atoms with E-state index in [4.69, 9.17) is 4.52 Å². The smallest absolute Gasteiger partial charge is 0.228 e. The number of fused-ring (bicyclic) bond motifs is 3. The normalized spacial score (nSPS) is 17.5. The molecule has 0 saturated heterocycles. The Kier molecular flexibility index (Phi) is 7.30. The van der Waals surface area contributed by atoms with Gasteiger partial charge in [0.25, 0.3) is 0 Å². The Morgan fingerprint density at radius 2 is 2.00 bits per heavy atom. The molecular formula is C23H30N5O5PS. The molecule has 1 amide bonds. The maximum Gasteiger partial charge on any atom is 0.228 e. The number of amides is 1. The van der Waals surface area contributed by atoms with E-state index in [1.165, 1.54) is 19.7 Å². The molecule has 12 heteroatoms. The van der Waals surface area contributed by atoms with Gasteiger partial charge in [-0.15, -0.1) is 0 Å². The molecule has 2 unspecified atom stereocenters. The summed E-state index contributed by atoms with van der Waals surface area (Å²) in [6, 6.07) is 7.18. The molecule has 10 nitrogen and oxygen atoms in total. The van der Waals surface area contributed by atoms with Crippen LogP contribution in [-0.4, -0.2) is 61.6 Å². The van der Waals surface area contributed by atoms with Gasteiger partial charge in [-0.1, -0.05) is 0 Å². The van der Waals surface area contributed by atoms with Crippen molar-refractivity contribution in [1.82, 2.24) is 20.3 Å². The minimum absolute atomic E-state index is 0.0547. The largest absolute Gasteiger partial charge is 0.356 e. The highest BCUT2D eigenvalue weighted by atomic mass is 32.2. The molecule has 1 aliphatic rings. The van der Waals surface area contributed by atoms with Crippen molar-refractivity contribution in [2.24, 2.45) is 5.92 Å². The van der Waals surface area contributed by atoms with Crippen LogP contribution in [0.3, 0.4) is 0 Å². The number of nitrogens with zero attached hydrogens (tertiary/aromatic N) is 2. The average Bonchev–Trinajstić information content (AvgIpc) is 3.20. The molecule has 2 atom stereocenters. The van der Waals surface area contributed by atoms with Gasteiger partial charge in [0.2, 0.25) is 13.3 Å². The first-order chi connectivity index (χ1) is 16.6. The second kappa shape index (κ2) is 10.1. The number of benzene rings is 1.